The number of nitrogens with zero attached hydrogens (tertiary/aromatic N) is 2. The Kier molecular flexibility index (Phi) is 5.79. The molecule has 1 rings (SSSR count). The number of amides is 2. The highest BCUT2D eigenvalue weighted by atomic mass is 16.2. The summed E-state index contributed by atoms with van der Waals surface area (Å²) in [6.45, 7) is 7.48. The van der Waals surface area contributed by atoms with Gasteiger partial charge in [-0.15, -0.1) is 0 Å². The first-order valence-corrected chi connectivity index (χ1v) is 7.14. The highest BCUT2D eigenvalue weighted by molar-refractivity contribution is 5.97. The molecule has 2 unspecified atom stereocenters. The summed E-state index contributed by atoms with van der Waals surface area (Å²) in [4.78, 5) is 28.4. The van der Waals surface area contributed by atoms with E-state index in [-0.39, 0.29) is 29.8 Å². The van der Waals surface area contributed by atoms with Crippen molar-refractivity contribution in [1.29, 1.82) is 0 Å². The van der Waals surface area contributed by atoms with E-state index in [0.29, 0.717) is 13.0 Å². The summed E-state index contributed by atoms with van der Waals surface area (Å²) >= 11 is 0. The first kappa shape index (κ1) is 16.0. The van der Waals surface area contributed by atoms with Crippen molar-refractivity contribution in [3.05, 3.63) is 0 Å². The van der Waals surface area contributed by atoms with Gasteiger partial charge in [0.2, 0.25) is 11.8 Å². The Hall–Kier alpha value is -1.10. The molecule has 0 aromatic carbocycles. The molecular formula is C14H27N3O2. The van der Waals surface area contributed by atoms with Crippen LogP contribution < -0.4 is 5.32 Å². The Labute approximate surface area is 116 Å². The Bertz CT molecular complexity index is 329. The maximum absolute atomic E-state index is 12.4. The second kappa shape index (κ2) is 6.89. The lowest BCUT2D eigenvalue weighted by molar-refractivity contribution is -0.151. The highest BCUT2D eigenvalue weighted by Gasteiger charge is 2.40. The van der Waals surface area contributed by atoms with Crippen molar-refractivity contribution in [1.82, 2.24) is 15.1 Å². The van der Waals surface area contributed by atoms with Gasteiger partial charge in [-0.05, 0) is 39.4 Å². The van der Waals surface area contributed by atoms with Gasteiger partial charge in [-0.2, -0.15) is 0 Å². The van der Waals surface area contributed by atoms with Gasteiger partial charge >= 0.3 is 0 Å². The molecule has 110 valence electrons. The summed E-state index contributed by atoms with van der Waals surface area (Å²) < 4.78 is 0. The quantitative estimate of drug-likeness (QED) is 0.772. The third-order valence-corrected chi connectivity index (χ3v) is 3.55. The van der Waals surface area contributed by atoms with Crippen molar-refractivity contribution in [2.24, 2.45) is 5.92 Å². The summed E-state index contributed by atoms with van der Waals surface area (Å²) in [6, 6.07) is -0.667. The predicted molar refractivity (Wildman–Crippen MR) is 75.7 cm³/mol. The van der Waals surface area contributed by atoms with Crippen LogP contribution in [0.15, 0.2) is 0 Å². The van der Waals surface area contributed by atoms with E-state index in [9.17, 15) is 9.59 Å². The second-order valence-corrected chi connectivity index (χ2v) is 5.85. The third-order valence-electron chi connectivity index (χ3n) is 3.55. The standard InChI is InChI=1S/C14H27N3O2/c1-6-11-14(19)17(9-7-8-16(4)5)12(10(2)3)13(18)15-11/h10-12H,6-9H2,1-5H3,(H,15,18). The molecule has 1 aliphatic heterocycles. The molecule has 2 amide bonds. The largest absolute Gasteiger partial charge is 0.343 e. The molecule has 5 heteroatoms. The predicted octanol–water partition coefficient (Wildman–Crippen LogP) is 0.700. The third kappa shape index (κ3) is 3.93. The van der Waals surface area contributed by atoms with Crippen molar-refractivity contribution < 1.29 is 9.59 Å². The summed E-state index contributed by atoms with van der Waals surface area (Å²) in [5.74, 6) is 0.201. The molecular weight excluding hydrogens is 242 g/mol. The summed E-state index contributed by atoms with van der Waals surface area (Å²) in [5.41, 5.74) is 0. The molecule has 1 saturated heterocycles. The van der Waals surface area contributed by atoms with Crippen molar-refractivity contribution in [2.45, 2.75) is 45.7 Å². The van der Waals surface area contributed by atoms with E-state index in [0.717, 1.165) is 13.0 Å². The lowest BCUT2D eigenvalue weighted by atomic mass is 9.96. The Morgan fingerprint density at radius 1 is 1.32 bits per heavy atom. The molecule has 0 aliphatic carbocycles. The molecule has 0 aromatic heterocycles. The molecule has 0 radical (unpaired) electrons. The molecule has 0 saturated carbocycles. The van der Waals surface area contributed by atoms with Crippen LogP contribution in [-0.2, 0) is 9.59 Å². The minimum Gasteiger partial charge on any atom is -0.343 e. The molecule has 2 atom stereocenters. The zero-order chi connectivity index (χ0) is 14.6. The van der Waals surface area contributed by atoms with E-state index in [1.807, 2.05) is 34.9 Å². The Morgan fingerprint density at radius 3 is 2.42 bits per heavy atom. The van der Waals surface area contributed by atoms with Gasteiger partial charge in [0.1, 0.15) is 12.1 Å². The van der Waals surface area contributed by atoms with Crippen LogP contribution >= 0.6 is 0 Å². The van der Waals surface area contributed by atoms with Crippen LogP contribution in [0.1, 0.15) is 33.6 Å². The minimum atomic E-state index is -0.346. The van der Waals surface area contributed by atoms with E-state index in [1.54, 1.807) is 4.90 Å². The SMILES string of the molecule is CCC1NC(=O)C(C(C)C)N(CCCN(C)C)C1=O. The van der Waals surface area contributed by atoms with Crippen molar-refractivity contribution >= 4 is 11.8 Å². The molecule has 1 aliphatic rings. The van der Waals surface area contributed by atoms with Gasteiger partial charge in [0.25, 0.3) is 0 Å². The fourth-order valence-corrected chi connectivity index (χ4v) is 2.54. The molecule has 1 fully saturated rings. The monoisotopic (exact) mass is 269 g/mol. The van der Waals surface area contributed by atoms with Crippen LogP contribution in [0.3, 0.4) is 0 Å². The number of carbonyl (C=O) groups excluding carboxylic acids is 2. The van der Waals surface area contributed by atoms with Crippen molar-refractivity contribution in [3.8, 4) is 0 Å². The molecule has 0 spiro atoms. The van der Waals surface area contributed by atoms with E-state index < -0.39 is 0 Å². The summed E-state index contributed by atoms with van der Waals surface area (Å²) in [7, 11) is 4.03. The number of hydrogen-bond acceptors (Lipinski definition) is 3. The lowest BCUT2D eigenvalue weighted by Gasteiger charge is -2.40. The fourth-order valence-electron chi connectivity index (χ4n) is 2.54. The van der Waals surface area contributed by atoms with Gasteiger partial charge in [-0.1, -0.05) is 20.8 Å². The average Bonchev–Trinajstić information content (AvgIpc) is 2.31. The molecule has 1 heterocycles. The number of rotatable bonds is 6. The maximum atomic E-state index is 12.4. The average molecular weight is 269 g/mol. The zero-order valence-corrected chi connectivity index (χ0v) is 12.8. The molecule has 0 aromatic rings. The van der Waals surface area contributed by atoms with Gasteiger partial charge in [0.15, 0.2) is 0 Å². The molecule has 5 nitrogen and oxygen atoms in total. The Balaban J connectivity index is 2.77. The highest BCUT2D eigenvalue weighted by Crippen LogP contribution is 2.19. The van der Waals surface area contributed by atoms with Crippen LogP contribution in [0.5, 0.6) is 0 Å². The van der Waals surface area contributed by atoms with Gasteiger partial charge in [-0.3, -0.25) is 9.59 Å². The lowest BCUT2D eigenvalue weighted by Crippen LogP contribution is -2.64. The first-order chi connectivity index (χ1) is 8.88. The first-order valence-electron chi connectivity index (χ1n) is 7.14. The zero-order valence-electron chi connectivity index (χ0n) is 12.8. The van der Waals surface area contributed by atoms with E-state index in [4.69, 9.17) is 0 Å². The summed E-state index contributed by atoms with van der Waals surface area (Å²) in [6.07, 6.45) is 1.55. The number of hydrogen-bond donors (Lipinski definition) is 1. The topological polar surface area (TPSA) is 52.7 Å². The number of nitrogens with one attached hydrogen (secondary N) is 1. The van der Waals surface area contributed by atoms with Crippen LogP contribution in [0.4, 0.5) is 0 Å². The van der Waals surface area contributed by atoms with Crippen LogP contribution in [0.25, 0.3) is 0 Å². The van der Waals surface area contributed by atoms with Crippen molar-refractivity contribution in [2.75, 3.05) is 27.2 Å². The van der Waals surface area contributed by atoms with E-state index >= 15 is 0 Å². The molecule has 19 heavy (non-hydrogen) atoms. The van der Waals surface area contributed by atoms with Gasteiger partial charge in [0, 0.05) is 6.54 Å². The minimum absolute atomic E-state index is 0.00805. The van der Waals surface area contributed by atoms with Crippen LogP contribution in [0.2, 0.25) is 0 Å². The number of carbonyl (C=O) groups is 2. The van der Waals surface area contributed by atoms with Gasteiger partial charge in [0.05, 0.1) is 0 Å². The van der Waals surface area contributed by atoms with Crippen LogP contribution in [-0.4, -0.2) is 60.9 Å². The Morgan fingerprint density at radius 2 is 1.95 bits per heavy atom. The second-order valence-electron chi connectivity index (χ2n) is 5.85. The van der Waals surface area contributed by atoms with Gasteiger partial charge in [-0.25, -0.2) is 0 Å². The number of piperazine rings is 1. The van der Waals surface area contributed by atoms with Crippen LogP contribution in [0, 0.1) is 5.92 Å². The van der Waals surface area contributed by atoms with Crippen molar-refractivity contribution in [3.63, 3.8) is 0 Å². The fraction of sp³-hybridized carbons (Fsp3) is 0.857. The van der Waals surface area contributed by atoms with E-state index in [1.165, 1.54) is 0 Å². The smallest absolute Gasteiger partial charge is 0.245 e. The normalized spacial score (nSPS) is 24.3. The molecule has 1 N–H and O–H groups in total. The maximum Gasteiger partial charge on any atom is 0.245 e. The van der Waals surface area contributed by atoms with Gasteiger partial charge < -0.3 is 15.1 Å². The molecule has 0 bridgehead atoms. The van der Waals surface area contributed by atoms with E-state index in [2.05, 4.69) is 10.2 Å². The summed E-state index contributed by atoms with van der Waals surface area (Å²) in [5, 5.41) is 2.84.